The molecule has 0 aliphatic rings. The molecule has 8 nitrogen and oxygen atoms in total. The Hall–Kier alpha value is -4.08. The van der Waals surface area contributed by atoms with Crippen molar-refractivity contribution in [2.75, 3.05) is 10.6 Å². The third-order valence-electron chi connectivity index (χ3n) is 4.28. The van der Waals surface area contributed by atoms with Crippen LogP contribution in [0.5, 0.6) is 0 Å². The van der Waals surface area contributed by atoms with Gasteiger partial charge in [-0.25, -0.2) is 9.97 Å². The molecular weight excluding hydrogens is 412 g/mol. The van der Waals surface area contributed by atoms with E-state index in [1.165, 1.54) is 17.5 Å². The number of nitriles is 2. The predicted molar refractivity (Wildman–Crippen MR) is 117 cm³/mol. The summed E-state index contributed by atoms with van der Waals surface area (Å²) < 4.78 is 0. The maximum absolute atomic E-state index is 12.4. The molecular formula is C22H18N6O2S. The highest BCUT2D eigenvalue weighted by atomic mass is 32.1. The standard InChI is InChI=1S/C22H18N6O2S/c1-2-18-13-26-22(31-18)28-20(30)9-14-4-3-5-15(8-14)17-10-16(11-24)21(25-12-17)27-19(29)6-7-23/h3-5,8,10,12-13H,2,6,9H2,1H3,(H,25,27,29)(H,26,28,30). The molecule has 0 radical (unpaired) electrons. The Kier molecular flexibility index (Phi) is 7.05. The van der Waals surface area contributed by atoms with Gasteiger partial charge in [0.2, 0.25) is 11.8 Å². The van der Waals surface area contributed by atoms with Gasteiger partial charge in [-0.3, -0.25) is 9.59 Å². The highest BCUT2D eigenvalue weighted by molar-refractivity contribution is 7.15. The first-order valence-electron chi connectivity index (χ1n) is 9.43. The van der Waals surface area contributed by atoms with Crippen molar-refractivity contribution >= 4 is 34.1 Å². The van der Waals surface area contributed by atoms with Gasteiger partial charge >= 0.3 is 0 Å². The van der Waals surface area contributed by atoms with Crippen LogP contribution in [0.4, 0.5) is 10.9 Å². The van der Waals surface area contributed by atoms with E-state index in [1.54, 1.807) is 18.3 Å². The highest BCUT2D eigenvalue weighted by Gasteiger charge is 2.12. The Bertz CT molecular complexity index is 1210. The van der Waals surface area contributed by atoms with Crippen molar-refractivity contribution in [1.82, 2.24) is 9.97 Å². The SMILES string of the molecule is CCc1cnc(NC(=O)Cc2cccc(-c3cnc(NC(=O)CC#N)c(C#N)c3)c2)s1. The van der Waals surface area contributed by atoms with Gasteiger partial charge in [-0.15, -0.1) is 11.3 Å². The van der Waals surface area contributed by atoms with E-state index in [4.69, 9.17) is 5.26 Å². The smallest absolute Gasteiger partial charge is 0.239 e. The second-order valence-electron chi connectivity index (χ2n) is 6.53. The first-order valence-corrected chi connectivity index (χ1v) is 10.2. The zero-order valence-corrected chi connectivity index (χ0v) is 17.5. The van der Waals surface area contributed by atoms with Crippen molar-refractivity contribution in [3.05, 3.63) is 58.7 Å². The van der Waals surface area contributed by atoms with Crippen LogP contribution in [-0.4, -0.2) is 21.8 Å². The summed E-state index contributed by atoms with van der Waals surface area (Å²) in [5.41, 5.74) is 2.44. The van der Waals surface area contributed by atoms with Gasteiger partial charge in [0.15, 0.2) is 10.9 Å². The Morgan fingerprint density at radius 1 is 1.06 bits per heavy atom. The van der Waals surface area contributed by atoms with Gasteiger partial charge in [0.1, 0.15) is 12.5 Å². The van der Waals surface area contributed by atoms with Crippen LogP contribution in [0, 0.1) is 22.7 Å². The summed E-state index contributed by atoms with van der Waals surface area (Å²) in [6.07, 6.45) is 4.01. The van der Waals surface area contributed by atoms with E-state index in [1.807, 2.05) is 37.3 Å². The molecule has 0 saturated carbocycles. The number of rotatable bonds is 7. The second kappa shape index (κ2) is 10.1. The lowest BCUT2D eigenvalue weighted by Gasteiger charge is -2.09. The van der Waals surface area contributed by atoms with Crippen LogP contribution >= 0.6 is 11.3 Å². The number of nitrogens with zero attached hydrogens (tertiary/aromatic N) is 4. The zero-order chi connectivity index (χ0) is 22.2. The summed E-state index contributed by atoms with van der Waals surface area (Å²) in [5.74, 6) is -0.587. The Morgan fingerprint density at radius 3 is 2.61 bits per heavy atom. The van der Waals surface area contributed by atoms with Crippen LogP contribution < -0.4 is 10.6 Å². The number of hydrogen-bond donors (Lipinski definition) is 2. The van der Waals surface area contributed by atoms with E-state index < -0.39 is 5.91 Å². The van der Waals surface area contributed by atoms with Crippen LogP contribution in [0.2, 0.25) is 0 Å². The summed E-state index contributed by atoms with van der Waals surface area (Å²) in [6.45, 7) is 2.03. The molecule has 0 aliphatic heterocycles. The number of carbonyl (C=O) groups excluding carboxylic acids is 2. The number of pyridine rings is 1. The number of benzene rings is 1. The number of nitrogens with one attached hydrogen (secondary N) is 2. The predicted octanol–water partition coefficient (Wildman–Crippen LogP) is 3.67. The highest BCUT2D eigenvalue weighted by Crippen LogP contribution is 2.24. The first kappa shape index (κ1) is 21.6. The van der Waals surface area contributed by atoms with Gasteiger partial charge < -0.3 is 10.6 Å². The minimum atomic E-state index is -0.529. The summed E-state index contributed by atoms with van der Waals surface area (Å²) in [6, 6.07) is 12.7. The van der Waals surface area contributed by atoms with Crippen LogP contribution in [0.3, 0.4) is 0 Å². The van der Waals surface area contributed by atoms with E-state index in [0.29, 0.717) is 10.7 Å². The molecule has 2 aromatic heterocycles. The fourth-order valence-electron chi connectivity index (χ4n) is 2.79. The Labute approximate surface area is 183 Å². The zero-order valence-electron chi connectivity index (χ0n) is 16.7. The normalized spacial score (nSPS) is 10.0. The number of aromatic nitrogens is 2. The molecule has 9 heteroatoms. The van der Waals surface area contributed by atoms with Crippen molar-refractivity contribution in [2.24, 2.45) is 0 Å². The number of amides is 2. The van der Waals surface area contributed by atoms with Crippen molar-refractivity contribution in [3.8, 4) is 23.3 Å². The Morgan fingerprint density at radius 2 is 1.90 bits per heavy atom. The average molecular weight is 430 g/mol. The molecule has 3 rings (SSSR count). The Balaban J connectivity index is 1.74. The van der Waals surface area contributed by atoms with Gasteiger partial charge in [-0.1, -0.05) is 31.2 Å². The van der Waals surface area contributed by atoms with Crippen LogP contribution in [0.1, 0.15) is 29.3 Å². The van der Waals surface area contributed by atoms with Crippen LogP contribution in [0.15, 0.2) is 42.7 Å². The molecule has 154 valence electrons. The fourth-order valence-corrected chi connectivity index (χ4v) is 3.56. The van der Waals surface area contributed by atoms with Gasteiger partial charge in [0, 0.05) is 22.8 Å². The van der Waals surface area contributed by atoms with Crippen LogP contribution in [-0.2, 0) is 22.4 Å². The van der Waals surface area contributed by atoms with Gasteiger partial charge in [0.25, 0.3) is 0 Å². The lowest BCUT2D eigenvalue weighted by atomic mass is 10.0. The lowest BCUT2D eigenvalue weighted by Crippen LogP contribution is -2.14. The molecule has 2 N–H and O–H groups in total. The molecule has 1 aromatic carbocycles. The maximum Gasteiger partial charge on any atom is 0.239 e. The summed E-state index contributed by atoms with van der Waals surface area (Å²) in [5, 5.41) is 23.8. The monoisotopic (exact) mass is 430 g/mol. The number of aryl methyl sites for hydroxylation is 1. The van der Waals surface area contributed by atoms with Crippen molar-refractivity contribution in [2.45, 2.75) is 26.2 Å². The third-order valence-corrected chi connectivity index (χ3v) is 5.34. The van der Waals surface area contributed by atoms with Gasteiger partial charge in [-0.05, 0) is 23.6 Å². The molecule has 31 heavy (non-hydrogen) atoms. The molecule has 2 amide bonds. The fraction of sp³-hybridized carbons (Fsp3) is 0.182. The molecule has 3 aromatic rings. The number of hydrogen-bond acceptors (Lipinski definition) is 7. The van der Waals surface area contributed by atoms with E-state index in [9.17, 15) is 14.9 Å². The minimum Gasteiger partial charge on any atom is -0.309 e. The number of anilines is 2. The largest absolute Gasteiger partial charge is 0.309 e. The molecule has 0 aliphatic carbocycles. The second-order valence-corrected chi connectivity index (χ2v) is 7.64. The maximum atomic E-state index is 12.4. The van der Waals surface area contributed by atoms with Crippen LogP contribution in [0.25, 0.3) is 11.1 Å². The average Bonchev–Trinajstić information content (AvgIpc) is 3.21. The molecule has 0 atom stereocenters. The third kappa shape index (κ3) is 5.72. The van der Waals surface area contributed by atoms with Crippen molar-refractivity contribution in [1.29, 1.82) is 10.5 Å². The van der Waals surface area contributed by atoms with E-state index in [-0.39, 0.29) is 30.1 Å². The summed E-state index contributed by atoms with van der Waals surface area (Å²) >= 11 is 1.45. The first-order chi connectivity index (χ1) is 15.0. The molecule has 2 heterocycles. The van der Waals surface area contributed by atoms with E-state index >= 15 is 0 Å². The minimum absolute atomic E-state index is 0.108. The summed E-state index contributed by atoms with van der Waals surface area (Å²) in [7, 11) is 0. The lowest BCUT2D eigenvalue weighted by molar-refractivity contribution is -0.116. The quantitative estimate of drug-likeness (QED) is 0.588. The summed E-state index contributed by atoms with van der Waals surface area (Å²) in [4.78, 5) is 33.4. The molecule has 0 spiro atoms. The molecule has 0 bridgehead atoms. The number of carbonyl (C=O) groups is 2. The molecule has 0 saturated heterocycles. The molecule has 0 fully saturated rings. The van der Waals surface area contributed by atoms with E-state index in [2.05, 4.69) is 20.6 Å². The van der Waals surface area contributed by atoms with Crippen molar-refractivity contribution < 1.29 is 9.59 Å². The van der Waals surface area contributed by atoms with Gasteiger partial charge in [-0.2, -0.15) is 10.5 Å². The number of thiazole rings is 1. The van der Waals surface area contributed by atoms with Crippen molar-refractivity contribution in [3.63, 3.8) is 0 Å². The van der Waals surface area contributed by atoms with Gasteiger partial charge in [0.05, 0.1) is 18.1 Å². The topological polar surface area (TPSA) is 132 Å². The van der Waals surface area contributed by atoms with E-state index in [0.717, 1.165) is 22.4 Å². The molecule has 0 unspecified atom stereocenters.